The maximum absolute atomic E-state index is 12.1. The maximum Gasteiger partial charge on any atom is 0.413 e. The monoisotopic (exact) mass is 311 g/mol. The number of carbonyl (C=O) groups is 2. The van der Waals surface area contributed by atoms with Gasteiger partial charge in [-0.1, -0.05) is 35.9 Å². The minimum absolute atomic E-state index is 0.00937. The molecule has 4 nitrogen and oxygen atoms in total. The van der Waals surface area contributed by atoms with E-state index in [1.165, 1.54) is 6.92 Å². The van der Waals surface area contributed by atoms with Crippen molar-refractivity contribution in [2.45, 2.75) is 33.2 Å². The topological polar surface area (TPSA) is 55.4 Å². The first-order chi connectivity index (χ1) is 10.8. The Balaban J connectivity index is 2.10. The molecule has 0 heterocycles. The number of carbonyl (C=O) groups excluding carboxylic acids is 2. The van der Waals surface area contributed by atoms with Crippen molar-refractivity contribution in [1.82, 2.24) is 5.32 Å². The summed E-state index contributed by atoms with van der Waals surface area (Å²) in [6.07, 6.45) is -0.535. The summed E-state index contributed by atoms with van der Waals surface area (Å²) in [6.45, 7) is 7.21. The molecule has 0 saturated heterocycles. The number of hydrogen-bond donors (Lipinski definition) is 1. The lowest BCUT2D eigenvalue weighted by atomic mass is 9.92. The second-order valence-corrected chi connectivity index (χ2v) is 6.09. The Morgan fingerprint density at radius 2 is 1.70 bits per heavy atom. The molecule has 0 radical (unpaired) electrons. The summed E-state index contributed by atoms with van der Waals surface area (Å²) in [5.74, 6) is 0.478. The van der Waals surface area contributed by atoms with Crippen LogP contribution in [-0.2, 0) is 5.54 Å². The van der Waals surface area contributed by atoms with Gasteiger partial charge in [0.2, 0.25) is 0 Å². The minimum Gasteiger partial charge on any atom is -0.410 e. The summed E-state index contributed by atoms with van der Waals surface area (Å²) < 4.78 is 5.29. The zero-order chi connectivity index (χ0) is 17.0. The molecule has 1 N–H and O–H groups in total. The molecule has 4 heteroatoms. The number of hydrogen-bond acceptors (Lipinski definition) is 3. The van der Waals surface area contributed by atoms with Crippen LogP contribution in [0.1, 0.15) is 42.3 Å². The van der Waals surface area contributed by atoms with E-state index in [-0.39, 0.29) is 5.78 Å². The van der Waals surface area contributed by atoms with Crippen LogP contribution in [0.15, 0.2) is 48.5 Å². The van der Waals surface area contributed by atoms with Crippen LogP contribution in [0.25, 0.3) is 0 Å². The summed E-state index contributed by atoms with van der Waals surface area (Å²) >= 11 is 0. The SMILES string of the molecule is CC(=O)c1cccc(C(C)(C)NC(=O)Oc2ccc(C)cc2)c1. The number of ketones is 1. The Hall–Kier alpha value is -2.62. The average molecular weight is 311 g/mol. The number of Topliss-reactive ketones (excluding diaryl/α,β-unsaturated/α-hetero) is 1. The number of ether oxygens (including phenoxy) is 1. The first-order valence-corrected chi connectivity index (χ1v) is 7.46. The summed E-state index contributed by atoms with van der Waals surface area (Å²) in [4.78, 5) is 23.6. The number of rotatable bonds is 4. The first-order valence-electron chi connectivity index (χ1n) is 7.46. The van der Waals surface area contributed by atoms with E-state index in [1.54, 1.807) is 30.3 Å². The van der Waals surface area contributed by atoms with Crippen molar-refractivity contribution in [3.05, 3.63) is 65.2 Å². The molecule has 0 fully saturated rings. The van der Waals surface area contributed by atoms with Crippen molar-refractivity contribution in [1.29, 1.82) is 0 Å². The molecule has 0 spiro atoms. The predicted molar refractivity (Wildman–Crippen MR) is 89.8 cm³/mol. The lowest BCUT2D eigenvalue weighted by Crippen LogP contribution is -2.42. The normalized spacial score (nSPS) is 11.0. The van der Waals surface area contributed by atoms with Gasteiger partial charge in [0.25, 0.3) is 0 Å². The molecule has 2 aromatic carbocycles. The number of nitrogens with one attached hydrogen (secondary N) is 1. The van der Waals surface area contributed by atoms with Gasteiger partial charge >= 0.3 is 6.09 Å². The Morgan fingerprint density at radius 1 is 1.04 bits per heavy atom. The number of aryl methyl sites for hydroxylation is 1. The molecule has 0 aliphatic rings. The quantitative estimate of drug-likeness (QED) is 0.860. The molecular weight excluding hydrogens is 290 g/mol. The van der Waals surface area contributed by atoms with Gasteiger partial charge in [0, 0.05) is 5.56 Å². The largest absolute Gasteiger partial charge is 0.413 e. The standard InChI is InChI=1S/C19H21NO3/c1-13-8-10-17(11-9-13)23-18(22)20-19(3,4)16-7-5-6-15(12-16)14(2)21/h5-12H,1-4H3,(H,20,22). The maximum atomic E-state index is 12.1. The zero-order valence-electron chi connectivity index (χ0n) is 13.8. The van der Waals surface area contributed by atoms with Gasteiger partial charge in [-0.2, -0.15) is 0 Å². The van der Waals surface area contributed by atoms with Crippen LogP contribution in [0.2, 0.25) is 0 Å². The molecule has 0 aliphatic carbocycles. The second-order valence-electron chi connectivity index (χ2n) is 6.09. The Bertz CT molecular complexity index is 718. The van der Waals surface area contributed by atoms with Gasteiger partial charge in [0.05, 0.1) is 5.54 Å². The molecule has 1 amide bonds. The predicted octanol–water partition coefficient (Wildman–Crippen LogP) is 4.22. The molecule has 0 bridgehead atoms. The van der Waals surface area contributed by atoms with E-state index in [2.05, 4.69) is 5.32 Å². The van der Waals surface area contributed by atoms with Gasteiger partial charge in [-0.05, 0) is 51.5 Å². The van der Waals surface area contributed by atoms with E-state index in [4.69, 9.17) is 4.74 Å². The fraction of sp³-hybridized carbons (Fsp3) is 0.263. The number of benzene rings is 2. The summed E-state index contributed by atoms with van der Waals surface area (Å²) in [6, 6.07) is 14.5. The van der Waals surface area contributed by atoms with Crippen LogP contribution >= 0.6 is 0 Å². The third kappa shape index (κ3) is 4.42. The highest BCUT2D eigenvalue weighted by Gasteiger charge is 2.24. The molecule has 120 valence electrons. The molecule has 2 rings (SSSR count). The Labute approximate surface area is 136 Å². The van der Waals surface area contributed by atoms with Gasteiger partial charge in [-0.15, -0.1) is 0 Å². The van der Waals surface area contributed by atoms with Crippen LogP contribution in [-0.4, -0.2) is 11.9 Å². The summed E-state index contributed by atoms with van der Waals surface area (Å²) in [5, 5.41) is 2.83. The minimum atomic E-state index is -0.659. The van der Waals surface area contributed by atoms with E-state index < -0.39 is 11.6 Å². The first kappa shape index (κ1) is 16.7. The average Bonchev–Trinajstić information content (AvgIpc) is 2.49. The summed E-state index contributed by atoms with van der Waals surface area (Å²) in [5.41, 5.74) is 1.89. The second kappa shape index (κ2) is 6.65. The van der Waals surface area contributed by atoms with Crippen LogP contribution in [0, 0.1) is 6.92 Å². The van der Waals surface area contributed by atoms with Gasteiger partial charge in [0.1, 0.15) is 5.75 Å². The van der Waals surface area contributed by atoms with E-state index in [9.17, 15) is 9.59 Å². The third-order valence-electron chi connectivity index (χ3n) is 3.64. The van der Waals surface area contributed by atoms with Crippen LogP contribution in [0.4, 0.5) is 4.79 Å². The molecular formula is C19H21NO3. The van der Waals surface area contributed by atoms with Crippen LogP contribution in [0.5, 0.6) is 5.75 Å². The Kier molecular flexibility index (Phi) is 4.84. The van der Waals surface area contributed by atoms with Gasteiger partial charge in [-0.3, -0.25) is 4.79 Å². The van der Waals surface area contributed by atoms with Gasteiger partial charge in [0.15, 0.2) is 5.78 Å². The van der Waals surface area contributed by atoms with E-state index >= 15 is 0 Å². The number of amides is 1. The van der Waals surface area contributed by atoms with Crippen molar-refractivity contribution < 1.29 is 14.3 Å². The highest BCUT2D eigenvalue weighted by molar-refractivity contribution is 5.94. The lowest BCUT2D eigenvalue weighted by Gasteiger charge is -2.26. The summed E-state index contributed by atoms with van der Waals surface area (Å²) in [7, 11) is 0. The molecule has 0 aliphatic heterocycles. The van der Waals surface area contributed by atoms with E-state index in [0.29, 0.717) is 11.3 Å². The van der Waals surface area contributed by atoms with Gasteiger partial charge in [-0.25, -0.2) is 4.79 Å². The zero-order valence-corrected chi connectivity index (χ0v) is 13.8. The Morgan fingerprint density at radius 3 is 2.30 bits per heavy atom. The van der Waals surface area contributed by atoms with Crippen molar-refractivity contribution in [2.75, 3.05) is 0 Å². The van der Waals surface area contributed by atoms with Crippen LogP contribution < -0.4 is 10.1 Å². The fourth-order valence-electron chi connectivity index (χ4n) is 2.19. The molecule has 0 atom stereocenters. The molecule has 0 saturated carbocycles. The van der Waals surface area contributed by atoms with Crippen LogP contribution in [0.3, 0.4) is 0 Å². The smallest absolute Gasteiger partial charge is 0.410 e. The van der Waals surface area contributed by atoms with Crippen molar-refractivity contribution in [3.8, 4) is 5.75 Å². The van der Waals surface area contributed by atoms with Crippen molar-refractivity contribution in [3.63, 3.8) is 0 Å². The van der Waals surface area contributed by atoms with Crippen molar-refractivity contribution in [2.24, 2.45) is 0 Å². The molecule has 0 aromatic heterocycles. The van der Waals surface area contributed by atoms with Gasteiger partial charge < -0.3 is 10.1 Å². The highest BCUT2D eigenvalue weighted by Crippen LogP contribution is 2.22. The lowest BCUT2D eigenvalue weighted by molar-refractivity contribution is 0.101. The fourth-order valence-corrected chi connectivity index (χ4v) is 2.19. The molecule has 2 aromatic rings. The van der Waals surface area contributed by atoms with E-state index in [0.717, 1.165) is 11.1 Å². The molecule has 23 heavy (non-hydrogen) atoms. The van der Waals surface area contributed by atoms with Crippen molar-refractivity contribution >= 4 is 11.9 Å². The highest BCUT2D eigenvalue weighted by atomic mass is 16.6. The van der Waals surface area contributed by atoms with E-state index in [1.807, 2.05) is 39.0 Å². The third-order valence-corrected chi connectivity index (χ3v) is 3.64. The molecule has 0 unspecified atom stereocenters.